The van der Waals surface area contributed by atoms with Crippen LogP contribution in [0.15, 0.2) is 35.2 Å². The van der Waals surface area contributed by atoms with Gasteiger partial charge >= 0.3 is 0 Å². The monoisotopic (exact) mass is 444 g/mol. The number of amides is 1. The first kappa shape index (κ1) is 23.3. The Morgan fingerprint density at radius 3 is 2.79 bits per heavy atom. The van der Waals surface area contributed by atoms with Gasteiger partial charge in [-0.15, -0.1) is 24.8 Å². The van der Waals surface area contributed by atoms with Crippen LogP contribution in [0.1, 0.15) is 29.8 Å². The van der Waals surface area contributed by atoms with Gasteiger partial charge in [0.25, 0.3) is 11.9 Å². The number of ether oxygens (including phenoxy) is 2. The molecule has 8 nitrogen and oxygen atoms in total. The Morgan fingerprint density at radius 1 is 1.21 bits per heavy atom. The number of carbonyl (C=O) groups is 1. The van der Waals surface area contributed by atoms with Crippen LogP contribution in [0.5, 0.6) is 5.75 Å². The molecule has 29 heavy (non-hydrogen) atoms. The molecule has 4 heterocycles. The van der Waals surface area contributed by atoms with E-state index in [1.165, 1.54) is 6.26 Å². The first-order chi connectivity index (χ1) is 13.3. The number of hydrogen-bond donors (Lipinski definition) is 0. The smallest absolute Gasteiger partial charge is 0.298 e. The first-order valence-corrected chi connectivity index (χ1v) is 9.43. The maximum absolute atomic E-state index is 13.0. The highest BCUT2D eigenvalue weighted by Gasteiger charge is 2.30. The molecule has 0 bridgehead atoms. The van der Waals surface area contributed by atoms with E-state index in [1.54, 1.807) is 12.4 Å². The van der Waals surface area contributed by atoms with Gasteiger partial charge in [0.1, 0.15) is 18.6 Å². The van der Waals surface area contributed by atoms with Crippen molar-refractivity contribution in [3.05, 3.63) is 36.5 Å². The lowest BCUT2D eigenvalue weighted by Gasteiger charge is -2.35. The fraction of sp³-hybridized carbons (Fsp3) is 0.526. The van der Waals surface area contributed by atoms with Crippen LogP contribution in [0.3, 0.4) is 0 Å². The number of morpholine rings is 1. The van der Waals surface area contributed by atoms with Crippen LogP contribution in [0.2, 0.25) is 0 Å². The zero-order valence-electron chi connectivity index (χ0n) is 16.1. The fourth-order valence-electron chi connectivity index (χ4n) is 3.48. The summed E-state index contributed by atoms with van der Waals surface area (Å²) in [5.41, 5.74) is 0.352. The average Bonchev–Trinajstić information content (AvgIpc) is 3.24. The van der Waals surface area contributed by atoms with Crippen molar-refractivity contribution in [1.29, 1.82) is 0 Å². The van der Waals surface area contributed by atoms with Crippen LogP contribution in [0, 0.1) is 0 Å². The van der Waals surface area contributed by atoms with Gasteiger partial charge in [-0.3, -0.25) is 9.78 Å². The van der Waals surface area contributed by atoms with Gasteiger partial charge in [-0.2, -0.15) is 4.98 Å². The fourth-order valence-corrected chi connectivity index (χ4v) is 3.48. The molecular formula is C19H26Cl2N4O4. The Balaban J connectivity index is 0.00000150. The van der Waals surface area contributed by atoms with E-state index in [2.05, 4.69) is 9.97 Å². The van der Waals surface area contributed by atoms with E-state index < -0.39 is 0 Å². The molecule has 2 aliphatic rings. The molecule has 4 rings (SSSR count). The second-order valence-electron chi connectivity index (χ2n) is 6.76. The van der Waals surface area contributed by atoms with Crippen molar-refractivity contribution in [3.8, 4) is 5.75 Å². The summed E-state index contributed by atoms with van der Waals surface area (Å²) < 4.78 is 16.7. The third kappa shape index (κ3) is 5.74. The van der Waals surface area contributed by atoms with Crippen molar-refractivity contribution in [3.63, 3.8) is 0 Å². The number of nitrogens with zero attached hydrogens (tertiary/aromatic N) is 4. The number of piperidine rings is 1. The van der Waals surface area contributed by atoms with Gasteiger partial charge in [0.05, 0.1) is 25.5 Å². The van der Waals surface area contributed by atoms with E-state index in [0.717, 1.165) is 32.4 Å². The van der Waals surface area contributed by atoms with Crippen LogP contribution in [0.4, 0.5) is 6.01 Å². The van der Waals surface area contributed by atoms with E-state index in [0.29, 0.717) is 43.8 Å². The summed E-state index contributed by atoms with van der Waals surface area (Å²) in [7, 11) is 0. The lowest BCUT2D eigenvalue weighted by molar-refractivity contribution is 0.0522. The topological polar surface area (TPSA) is 80.9 Å². The molecule has 160 valence electrons. The van der Waals surface area contributed by atoms with Gasteiger partial charge in [0.15, 0.2) is 5.69 Å². The number of hydrogen-bond acceptors (Lipinski definition) is 7. The SMILES string of the molecule is Cl.Cl.O=C(c1coc(N2CCOCC2)n1)N1CCCCC1COc1cccnc1. The Kier molecular flexibility index (Phi) is 9.00. The molecule has 0 aromatic carbocycles. The molecule has 0 spiro atoms. The van der Waals surface area contributed by atoms with E-state index in [-0.39, 0.29) is 36.8 Å². The summed E-state index contributed by atoms with van der Waals surface area (Å²) in [5, 5.41) is 0. The Labute approximate surface area is 182 Å². The summed E-state index contributed by atoms with van der Waals surface area (Å²) in [4.78, 5) is 25.4. The van der Waals surface area contributed by atoms with Gasteiger partial charge in [0, 0.05) is 25.8 Å². The standard InChI is InChI=1S/C19H24N4O4.2ClH/c24-18(17-14-27-19(21-17)22-8-10-25-11-9-22)23-7-2-1-4-15(23)13-26-16-5-3-6-20-12-16;;/h3,5-6,12,14-15H,1-2,4,7-11,13H2;2*1H. The molecular weight excluding hydrogens is 419 g/mol. The Hall–Kier alpha value is -2.03. The molecule has 2 aliphatic heterocycles. The van der Waals surface area contributed by atoms with Crippen molar-refractivity contribution in [2.24, 2.45) is 0 Å². The highest BCUT2D eigenvalue weighted by molar-refractivity contribution is 5.92. The molecule has 1 atom stereocenters. The summed E-state index contributed by atoms with van der Waals surface area (Å²) >= 11 is 0. The molecule has 0 N–H and O–H groups in total. The number of likely N-dealkylation sites (tertiary alicyclic amines) is 1. The highest BCUT2D eigenvalue weighted by Crippen LogP contribution is 2.22. The molecule has 0 radical (unpaired) electrons. The second-order valence-corrected chi connectivity index (χ2v) is 6.76. The number of pyridine rings is 1. The van der Waals surface area contributed by atoms with Crippen LogP contribution < -0.4 is 9.64 Å². The van der Waals surface area contributed by atoms with E-state index >= 15 is 0 Å². The number of aromatic nitrogens is 2. The van der Waals surface area contributed by atoms with Crippen LogP contribution in [-0.2, 0) is 4.74 Å². The number of oxazole rings is 1. The molecule has 0 aliphatic carbocycles. The van der Waals surface area contributed by atoms with Gasteiger partial charge in [-0.25, -0.2) is 0 Å². The predicted molar refractivity (Wildman–Crippen MR) is 112 cm³/mol. The normalized spacial score (nSPS) is 19.1. The first-order valence-electron chi connectivity index (χ1n) is 9.43. The summed E-state index contributed by atoms with van der Waals surface area (Å²) in [6.07, 6.45) is 7.84. The van der Waals surface area contributed by atoms with E-state index in [1.807, 2.05) is 21.9 Å². The van der Waals surface area contributed by atoms with Gasteiger partial charge < -0.3 is 23.7 Å². The van der Waals surface area contributed by atoms with Crippen molar-refractivity contribution in [1.82, 2.24) is 14.9 Å². The maximum Gasteiger partial charge on any atom is 0.298 e. The average molecular weight is 445 g/mol. The Morgan fingerprint density at radius 2 is 2.03 bits per heavy atom. The molecule has 1 unspecified atom stereocenters. The van der Waals surface area contributed by atoms with Crippen molar-refractivity contribution in [2.75, 3.05) is 44.4 Å². The second kappa shape index (κ2) is 11.2. The number of anilines is 1. The van der Waals surface area contributed by atoms with Gasteiger partial charge in [-0.1, -0.05) is 0 Å². The third-order valence-corrected chi connectivity index (χ3v) is 4.96. The van der Waals surface area contributed by atoms with Crippen LogP contribution in [0.25, 0.3) is 0 Å². The minimum atomic E-state index is -0.0993. The zero-order valence-corrected chi connectivity index (χ0v) is 17.7. The number of rotatable bonds is 5. The third-order valence-electron chi connectivity index (χ3n) is 4.96. The van der Waals surface area contributed by atoms with Gasteiger partial charge in [-0.05, 0) is 31.4 Å². The minimum Gasteiger partial charge on any atom is -0.490 e. The van der Waals surface area contributed by atoms with Crippen LogP contribution in [-0.4, -0.2) is 66.3 Å². The zero-order chi connectivity index (χ0) is 18.5. The molecule has 10 heteroatoms. The molecule has 0 saturated carbocycles. The highest BCUT2D eigenvalue weighted by atomic mass is 35.5. The lowest BCUT2D eigenvalue weighted by atomic mass is 10.0. The van der Waals surface area contributed by atoms with Crippen molar-refractivity contribution >= 4 is 36.7 Å². The molecule has 1 amide bonds. The van der Waals surface area contributed by atoms with E-state index in [9.17, 15) is 4.79 Å². The Bertz CT molecular complexity index is 756. The lowest BCUT2D eigenvalue weighted by Crippen LogP contribution is -2.46. The largest absolute Gasteiger partial charge is 0.490 e. The maximum atomic E-state index is 13.0. The van der Waals surface area contributed by atoms with Gasteiger partial charge in [0.2, 0.25) is 0 Å². The molecule has 2 saturated heterocycles. The molecule has 2 aromatic heterocycles. The molecule has 2 aromatic rings. The van der Waals surface area contributed by atoms with Crippen LogP contribution >= 0.6 is 24.8 Å². The summed E-state index contributed by atoms with van der Waals surface area (Å²) in [6.45, 7) is 3.89. The summed E-state index contributed by atoms with van der Waals surface area (Å²) in [6, 6.07) is 4.22. The van der Waals surface area contributed by atoms with Crippen molar-refractivity contribution in [2.45, 2.75) is 25.3 Å². The minimum absolute atomic E-state index is 0. The van der Waals surface area contributed by atoms with E-state index in [4.69, 9.17) is 13.9 Å². The quantitative estimate of drug-likeness (QED) is 0.700. The predicted octanol–water partition coefficient (Wildman–Crippen LogP) is 2.82. The molecule has 2 fully saturated rings. The van der Waals surface area contributed by atoms with Crippen molar-refractivity contribution < 1.29 is 18.7 Å². The number of halogens is 2. The number of carbonyl (C=O) groups excluding carboxylic acids is 1. The summed E-state index contributed by atoms with van der Waals surface area (Å²) in [5.74, 6) is 0.615.